The molecule has 0 bridgehead atoms. The molecule has 0 amide bonds. The molecule has 0 aliphatic rings. The zero-order valence-corrected chi connectivity index (χ0v) is 16.5. The summed E-state index contributed by atoms with van der Waals surface area (Å²) in [6, 6.07) is 10.2. The van der Waals surface area contributed by atoms with Gasteiger partial charge in [-0.15, -0.1) is 10.2 Å². The van der Waals surface area contributed by atoms with Crippen molar-refractivity contribution in [2.75, 3.05) is 0 Å². The van der Waals surface area contributed by atoms with Crippen LogP contribution in [0.2, 0.25) is 0 Å². The summed E-state index contributed by atoms with van der Waals surface area (Å²) in [5.74, 6) is 0. The van der Waals surface area contributed by atoms with Crippen molar-refractivity contribution in [2.24, 2.45) is 0 Å². The Balaban J connectivity index is 0.000000194. The van der Waals surface area contributed by atoms with Gasteiger partial charge in [0.05, 0.1) is 11.6 Å². The van der Waals surface area contributed by atoms with Crippen LogP contribution in [0.5, 0.6) is 0 Å². The standard InChI is InChI=1S/C13H14BrN.C7H7N3/c1-4-5-13(14)12-7-11(8-15)9(2)6-10(12)3;1-6-2-3-10-5-8-9-7(10)4-6/h5-7H,4H2,1-3H3;2-5H,1H3/b13-5+;. The number of halogens is 1. The first-order valence-corrected chi connectivity index (χ1v) is 8.89. The zero-order valence-electron chi connectivity index (χ0n) is 14.9. The highest BCUT2D eigenvalue weighted by atomic mass is 79.9. The van der Waals surface area contributed by atoms with Gasteiger partial charge in [-0.05, 0) is 67.6 Å². The van der Waals surface area contributed by atoms with E-state index in [0.717, 1.165) is 33.2 Å². The molecule has 0 fully saturated rings. The minimum Gasteiger partial charge on any atom is -0.289 e. The van der Waals surface area contributed by atoms with Gasteiger partial charge in [0.1, 0.15) is 6.33 Å². The summed E-state index contributed by atoms with van der Waals surface area (Å²) in [5, 5.41) is 16.6. The number of fused-ring (bicyclic) bond motifs is 1. The fourth-order valence-electron chi connectivity index (χ4n) is 2.44. The molecule has 0 saturated carbocycles. The second kappa shape index (κ2) is 8.59. The van der Waals surface area contributed by atoms with Gasteiger partial charge < -0.3 is 0 Å². The van der Waals surface area contributed by atoms with Crippen molar-refractivity contribution in [1.29, 1.82) is 5.26 Å². The Morgan fingerprint density at radius 3 is 2.68 bits per heavy atom. The van der Waals surface area contributed by atoms with Gasteiger partial charge in [0.2, 0.25) is 0 Å². The summed E-state index contributed by atoms with van der Waals surface area (Å²) < 4.78 is 2.95. The molecule has 0 unspecified atom stereocenters. The van der Waals surface area contributed by atoms with E-state index in [1.807, 2.05) is 42.6 Å². The summed E-state index contributed by atoms with van der Waals surface area (Å²) in [6.07, 6.45) is 6.73. The molecule has 3 aromatic rings. The highest BCUT2D eigenvalue weighted by Crippen LogP contribution is 2.27. The Kier molecular flexibility index (Phi) is 6.49. The van der Waals surface area contributed by atoms with Crippen molar-refractivity contribution >= 4 is 26.1 Å². The molecule has 0 spiro atoms. The topological polar surface area (TPSA) is 54.0 Å². The molecule has 2 heterocycles. The summed E-state index contributed by atoms with van der Waals surface area (Å²) in [5.41, 5.74) is 6.20. The van der Waals surface area contributed by atoms with Crippen molar-refractivity contribution < 1.29 is 0 Å². The molecule has 4 nitrogen and oxygen atoms in total. The lowest BCUT2D eigenvalue weighted by Gasteiger charge is -2.07. The monoisotopic (exact) mass is 396 g/mol. The van der Waals surface area contributed by atoms with Crippen LogP contribution in [0.25, 0.3) is 10.1 Å². The molecule has 128 valence electrons. The molecule has 5 heteroatoms. The largest absolute Gasteiger partial charge is 0.289 e. The second-order valence-corrected chi connectivity index (χ2v) is 6.71. The third-order valence-electron chi connectivity index (χ3n) is 3.79. The minimum atomic E-state index is 0.747. The number of nitriles is 1. The molecular weight excluding hydrogens is 376 g/mol. The Labute approximate surface area is 157 Å². The Hall–Kier alpha value is -2.45. The maximum absolute atomic E-state index is 8.96. The van der Waals surface area contributed by atoms with E-state index in [1.54, 1.807) is 6.33 Å². The van der Waals surface area contributed by atoms with Crippen molar-refractivity contribution in [3.8, 4) is 6.07 Å². The summed E-state index contributed by atoms with van der Waals surface area (Å²) in [7, 11) is 0. The number of pyridine rings is 1. The summed E-state index contributed by atoms with van der Waals surface area (Å²) in [6.45, 7) is 8.16. The number of nitrogens with zero attached hydrogens (tertiary/aromatic N) is 4. The van der Waals surface area contributed by atoms with Gasteiger partial charge in [-0.1, -0.05) is 35.0 Å². The predicted octanol–water partition coefficient (Wildman–Crippen LogP) is 5.36. The lowest BCUT2D eigenvalue weighted by Crippen LogP contribution is -1.90. The van der Waals surface area contributed by atoms with Crippen molar-refractivity contribution in [2.45, 2.75) is 34.1 Å². The number of rotatable bonds is 2. The number of aryl methyl sites for hydroxylation is 3. The van der Waals surface area contributed by atoms with Crippen LogP contribution in [0.3, 0.4) is 0 Å². The van der Waals surface area contributed by atoms with Gasteiger partial charge in [0.15, 0.2) is 5.65 Å². The number of allylic oxidation sites excluding steroid dienone is 1. The highest BCUT2D eigenvalue weighted by molar-refractivity contribution is 9.15. The van der Waals surface area contributed by atoms with E-state index in [1.165, 1.54) is 11.1 Å². The third kappa shape index (κ3) is 4.77. The number of hydrogen-bond donors (Lipinski definition) is 0. The summed E-state index contributed by atoms with van der Waals surface area (Å²) in [4.78, 5) is 0. The predicted molar refractivity (Wildman–Crippen MR) is 106 cm³/mol. The third-order valence-corrected chi connectivity index (χ3v) is 4.54. The maximum Gasteiger partial charge on any atom is 0.160 e. The second-order valence-electron chi connectivity index (χ2n) is 5.85. The fourth-order valence-corrected chi connectivity index (χ4v) is 3.19. The van der Waals surface area contributed by atoms with E-state index in [9.17, 15) is 0 Å². The van der Waals surface area contributed by atoms with E-state index in [-0.39, 0.29) is 0 Å². The van der Waals surface area contributed by atoms with Crippen LogP contribution in [0, 0.1) is 32.1 Å². The van der Waals surface area contributed by atoms with Gasteiger partial charge >= 0.3 is 0 Å². The van der Waals surface area contributed by atoms with Crippen LogP contribution >= 0.6 is 15.9 Å². The van der Waals surface area contributed by atoms with E-state index in [2.05, 4.69) is 58.2 Å². The van der Waals surface area contributed by atoms with Crippen molar-refractivity contribution in [3.05, 3.63) is 70.7 Å². The molecule has 2 aromatic heterocycles. The first-order valence-electron chi connectivity index (χ1n) is 8.09. The average Bonchev–Trinajstić information content (AvgIpc) is 3.03. The molecular formula is C20H21BrN4. The molecule has 25 heavy (non-hydrogen) atoms. The number of benzene rings is 1. The van der Waals surface area contributed by atoms with Crippen molar-refractivity contribution in [3.63, 3.8) is 0 Å². The van der Waals surface area contributed by atoms with Crippen molar-refractivity contribution in [1.82, 2.24) is 14.6 Å². The highest BCUT2D eigenvalue weighted by Gasteiger charge is 2.06. The van der Waals surface area contributed by atoms with E-state index in [0.29, 0.717) is 0 Å². The van der Waals surface area contributed by atoms with Gasteiger partial charge in [0.25, 0.3) is 0 Å². The smallest absolute Gasteiger partial charge is 0.160 e. The molecule has 3 rings (SSSR count). The first-order chi connectivity index (χ1) is 12.0. The Morgan fingerprint density at radius 2 is 2.00 bits per heavy atom. The molecule has 0 saturated heterocycles. The zero-order chi connectivity index (χ0) is 18.4. The fraction of sp³-hybridized carbons (Fsp3) is 0.250. The molecule has 0 N–H and O–H groups in total. The molecule has 0 aliphatic heterocycles. The minimum absolute atomic E-state index is 0.747. The Bertz CT molecular complexity index is 948. The number of aromatic nitrogens is 3. The van der Waals surface area contributed by atoms with Crippen LogP contribution in [-0.4, -0.2) is 14.6 Å². The Morgan fingerprint density at radius 1 is 1.24 bits per heavy atom. The van der Waals surface area contributed by atoms with Crippen LogP contribution in [0.1, 0.15) is 41.2 Å². The SMILES string of the molecule is CC/C=C(/Br)c1cc(C#N)c(C)cc1C.Cc1ccn2cnnc2c1. The van der Waals surface area contributed by atoms with Crippen LogP contribution in [-0.2, 0) is 0 Å². The molecule has 0 aliphatic carbocycles. The normalized spacial score (nSPS) is 11.0. The molecule has 0 radical (unpaired) electrons. The van der Waals surface area contributed by atoms with E-state index in [4.69, 9.17) is 5.26 Å². The van der Waals surface area contributed by atoms with Gasteiger partial charge in [-0.3, -0.25) is 4.40 Å². The van der Waals surface area contributed by atoms with Crippen LogP contribution < -0.4 is 0 Å². The van der Waals surface area contributed by atoms with Gasteiger partial charge in [-0.2, -0.15) is 5.26 Å². The van der Waals surface area contributed by atoms with Gasteiger partial charge in [0, 0.05) is 10.7 Å². The van der Waals surface area contributed by atoms with Crippen LogP contribution in [0.15, 0.2) is 42.9 Å². The van der Waals surface area contributed by atoms with Crippen LogP contribution in [0.4, 0.5) is 0 Å². The maximum atomic E-state index is 8.96. The first kappa shape index (κ1) is 18.9. The summed E-state index contributed by atoms with van der Waals surface area (Å²) >= 11 is 3.54. The molecule has 0 atom stereocenters. The lowest BCUT2D eigenvalue weighted by molar-refractivity contribution is 1.10. The van der Waals surface area contributed by atoms with E-state index < -0.39 is 0 Å². The molecule has 1 aromatic carbocycles. The quantitative estimate of drug-likeness (QED) is 0.585. The van der Waals surface area contributed by atoms with E-state index >= 15 is 0 Å². The number of hydrogen-bond acceptors (Lipinski definition) is 3. The van der Waals surface area contributed by atoms with Gasteiger partial charge in [-0.25, -0.2) is 0 Å². The lowest BCUT2D eigenvalue weighted by atomic mass is 10.00. The average molecular weight is 397 g/mol.